The molecule has 2 aromatic rings. The average molecular weight is 478 g/mol. The molecule has 0 N–H and O–H groups in total. The third-order valence-electron chi connectivity index (χ3n) is 4.21. The number of carbonyl (C=O) groups excluding carboxylic acids is 1. The maximum Gasteiger partial charge on any atom is 0.185 e. The Kier molecular flexibility index (Phi) is 10.1. The fraction of sp³-hybridized carbons (Fsp3) is 0.348. The minimum Gasteiger partial charge on any atom is -0.289 e. The number of allylic oxidation sites excluding steroid dienone is 1. The molecule has 0 radical (unpaired) electrons. The first-order valence-corrected chi connectivity index (χ1v) is 11.5. The van der Waals surface area contributed by atoms with E-state index in [2.05, 4.69) is 47.7 Å². The molecule has 0 atom stereocenters. The minimum atomic E-state index is 0.0444. The lowest BCUT2D eigenvalue weighted by Gasteiger charge is -2.05. The number of benzene rings is 2. The first-order chi connectivity index (χ1) is 12.7. The van der Waals surface area contributed by atoms with Crippen LogP contribution in [0.2, 0.25) is 0 Å². The predicted octanol–water partition coefficient (Wildman–Crippen LogP) is 7.64. The third-order valence-corrected chi connectivity index (χ3v) is 6.23. The van der Waals surface area contributed by atoms with Gasteiger partial charge in [0, 0.05) is 14.0 Å². The number of ketones is 1. The Morgan fingerprint density at radius 2 is 1.73 bits per heavy atom. The molecule has 1 nitrogen and oxygen atoms in total. The van der Waals surface area contributed by atoms with E-state index >= 15 is 0 Å². The van der Waals surface area contributed by atoms with E-state index in [4.69, 9.17) is 0 Å². The zero-order chi connectivity index (χ0) is 18.6. The highest BCUT2D eigenvalue weighted by molar-refractivity contribution is 14.1. The predicted molar refractivity (Wildman–Crippen MR) is 123 cm³/mol. The standard InChI is InChI=1S/C23H27IOS/c1-2-3-4-5-6-10-17-26-21-15-13-19(22(24)18-21)14-16-23(25)20-11-8-7-9-12-20/h7-9,11-16,18H,2-6,10,17H2,1H3. The molecule has 3 heteroatoms. The van der Waals surface area contributed by atoms with E-state index in [1.807, 2.05) is 48.2 Å². The molecule has 0 spiro atoms. The van der Waals surface area contributed by atoms with Crippen LogP contribution in [0.5, 0.6) is 0 Å². The van der Waals surface area contributed by atoms with Crippen LogP contribution in [0, 0.1) is 3.57 Å². The van der Waals surface area contributed by atoms with Gasteiger partial charge < -0.3 is 0 Å². The molecular formula is C23H27IOS. The van der Waals surface area contributed by atoms with Gasteiger partial charge in [-0.05, 0) is 58.5 Å². The Bertz CT molecular complexity index is 709. The van der Waals surface area contributed by atoms with Crippen LogP contribution in [0.25, 0.3) is 6.08 Å². The van der Waals surface area contributed by atoms with E-state index in [9.17, 15) is 4.79 Å². The van der Waals surface area contributed by atoms with Crippen molar-refractivity contribution in [3.63, 3.8) is 0 Å². The van der Waals surface area contributed by atoms with Gasteiger partial charge in [-0.1, -0.05) is 81.5 Å². The lowest BCUT2D eigenvalue weighted by Crippen LogP contribution is -1.93. The van der Waals surface area contributed by atoms with Gasteiger partial charge in [-0.25, -0.2) is 0 Å². The Hall–Kier alpha value is -1.07. The molecule has 26 heavy (non-hydrogen) atoms. The van der Waals surface area contributed by atoms with Gasteiger partial charge in [0.2, 0.25) is 0 Å². The fourth-order valence-corrected chi connectivity index (χ4v) is 4.53. The molecule has 0 aliphatic carbocycles. The van der Waals surface area contributed by atoms with E-state index < -0.39 is 0 Å². The average Bonchev–Trinajstić information content (AvgIpc) is 2.67. The van der Waals surface area contributed by atoms with Gasteiger partial charge in [-0.3, -0.25) is 4.79 Å². The van der Waals surface area contributed by atoms with Crippen LogP contribution in [0.4, 0.5) is 0 Å². The van der Waals surface area contributed by atoms with Crippen molar-refractivity contribution < 1.29 is 4.79 Å². The molecule has 0 fully saturated rings. The first-order valence-electron chi connectivity index (χ1n) is 9.40. The number of rotatable bonds is 11. The van der Waals surface area contributed by atoms with Crippen molar-refractivity contribution in [2.24, 2.45) is 0 Å². The minimum absolute atomic E-state index is 0.0444. The molecular weight excluding hydrogens is 451 g/mol. The van der Waals surface area contributed by atoms with Gasteiger partial charge >= 0.3 is 0 Å². The van der Waals surface area contributed by atoms with Crippen LogP contribution in [-0.4, -0.2) is 11.5 Å². The smallest absolute Gasteiger partial charge is 0.185 e. The van der Waals surface area contributed by atoms with Crippen molar-refractivity contribution in [2.45, 2.75) is 50.3 Å². The van der Waals surface area contributed by atoms with Crippen LogP contribution >= 0.6 is 34.4 Å². The number of thioether (sulfide) groups is 1. The van der Waals surface area contributed by atoms with Crippen molar-refractivity contribution in [1.82, 2.24) is 0 Å². The molecule has 0 saturated heterocycles. The van der Waals surface area contributed by atoms with Crippen molar-refractivity contribution in [3.8, 4) is 0 Å². The number of halogens is 1. The van der Waals surface area contributed by atoms with E-state index in [-0.39, 0.29) is 5.78 Å². The van der Waals surface area contributed by atoms with Crippen molar-refractivity contribution in [1.29, 1.82) is 0 Å². The van der Waals surface area contributed by atoms with Gasteiger partial charge in [0.25, 0.3) is 0 Å². The molecule has 0 amide bonds. The fourth-order valence-electron chi connectivity index (χ4n) is 2.67. The summed E-state index contributed by atoms with van der Waals surface area (Å²) in [6.07, 6.45) is 11.6. The Morgan fingerprint density at radius 1 is 1.00 bits per heavy atom. The van der Waals surface area contributed by atoms with Crippen molar-refractivity contribution in [3.05, 3.63) is 69.3 Å². The highest BCUT2D eigenvalue weighted by atomic mass is 127. The molecule has 0 bridgehead atoms. The molecule has 0 saturated carbocycles. The Balaban J connectivity index is 1.81. The summed E-state index contributed by atoms with van der Waals surface area (Å²) in [5.74, 6) is 1.23. The second-order valence-corrected chi connectivity index (χ2v) is 8.69. The largest absolute Gasteiger partial charge is 0.289 e. The summed E-state index contributed by atoms with van der Waals surface area (Å²) in [4.78, 5) is 13.5. The number of hydrogen-bond donors (Lipinski definition) is 0. The lowest BCUT2D eigenvalue weighted by atomic mass is 10.1. The summed E-state index contributed by atoms with van der Waals surface area (Å²) < 4.78 is 1.19. The Labute approximate surface area is 175 Å². The molecule has 0 aromatic heterocycles. The van der Waals surface area contributed by atoms with Crippen LogP contribution in [0.3, 0.4) is 0 Å². The highest BCUT2D eigenvalue weighted by Crippen LogP contribution is 2.25. The van der Waals surface area contributed by atoms with E-state index in [0.717, 1.165) is 11.1 Å². The number of hydrogen-bond acceptors (Lipinski definition) is 2. The number of carbonyl (C=O) groups is 1. The summed E-state index contributed by atoms with van der Waals surface area (Å²) in [7, 11) is 0. The first kappa shape index (κ1) is 21.2. The maximum atomic E-state index is 12.2. The quantitative estimate of drug-likeness (QED) is 0.109. The summed E-state index contributed by atoms with van der Waals surface area (Å²) in [6.45, 7) is 2.26. The topological polar surface area (TPSA) is 17.1 Å². The van der Waals surface area contributed by atoms with E-state index in [1.165, 1.54) is 52.7 Å². The monoisotopic (exact) mass is 478 g/mol. The summed E-state index contributed by atoms with van der Waals surface area (Å²) in [5, 5.41) is 0. The second-order valence-electron chi connectivity index (χ2n) is 6.36. The van der Waals surface area contributed by atoms with Gasteiger partial charge in [-0.15, -0.1) is 11.8 Å². The number of unbranched alkanes of at least 4 members (excludes halogenated alkanes) is 5. The van der Waals surface area contributed by atoms with Crippen LogP contribution in [0.15, 0.2) is 59.5 Å². The third kappa shape index (κ3) is 7.67. The second kappa shape index (κ2) is 12.3. The summed E-state index contributed by atoms with van der Waals surface area (Å²) in [6, 6.07) is 15.9. The maximum absolute atomic E-state index is 12.2. The molecule has 0 unspecified atom stereocenters. The SMILES string of the molecule is CCCCCCCCSc1ccc(C=CC(=O)c2ccccc2)c(I)c1. The van der Waals surface area contributed by atoms with Gasteiger partial charge in [0.1, 0.15) is 0 Å². The molecule has 2 rings (SSSR count). The molecule has 0 aliphatic rings. The van der Waals surface area contributed by atoms with Crippen molar-refractivity contribution in [2.75, 3.05) is 5.75 Å². The van der Waals surface area contributed by atoms with Crippen LogP contribution < -0.4 is 0 Å². The van der Waals surface area contributed by atoms with Crippen molar-refractivity contribution >= 4 is 46.2 Å². The van der Waals surface area contributed by atoms with E-state index in [1.54, 1.807) is 6.08 Å². The molecule has 2 aromatic carbocycles. The van der Waals surface area contributed by atoms with Gasteiger partial charge in [0.05, 0.1) is 0 Å². The van der Waals surface area contributed by atoms with Gasteiger partial charge in [0.15, 0.2) is 5.78 Å². The normalized spacial score (nSPS) is 11.2. The van der Waals surface area contributed by atoms with Crippen LogP contribution in [0.1, 0.15) is 61.4 Å². The molecule has 138 valence electrons. The molecule has 0 heterocycles. The van der Waals surface area contributed by atoms with Gasteiger partial charge in [-0.2, -0.15) is 0 Å². The zero-order valence-electron chi connectivity index (χ0n) is 15.4. The molecule has 0 aliphatic heterocycles. The van der Waals surface area contributed by atoms with E-state index in [0.29, 0.717) is 0 Å². The lowest BCUT2D eigenvalue weighted by molar-refractivity contribution is 0.104. The highest BCUT2D eigenvalue weighted by Gasteiger charge is 2.03. The summed E-state index contributed by atoms with van der Waals surface area (Å²) in [5.41, 5.74) is 1.82. The Morgan fingerprint density at radius 3 is 2.46 bits per heavy atom. The zero-order valence-corrected chi connectivity index (χ0v) is 18.4. The van der Waals surface area contributed by atoms with Crippen LogP contribution in [-0.2, 0) is 0 Å². The summed E-state index contributed by atoms with van der Waals surface area (Å²) >= 11 is 4.29.